The lowest BCUT2D eigenvalue weighted by atomic mass is 10.4. The molecule has 0 heterocycles. The van der Waals surface area contributed by atoms with Crippen LogP contribution in [0, 0.1) is 7.11 Å². The van der Waals surface area contributed by atoms with Gasteiger partial charge in [-0.3, -0.25) is 0 Å². The van der Waals surface area contributed by atoms with Crippen molar-refractivity contribution in [3.63, 3.8) is 0 Å². The molecule has 1 atom stereocenters. The predicted octanol–water partition coefficient (Wildman–Crippen LogP) is 0.149. The number of aliphatic hydroxyl groups excluding tert-OH is 1. The molecule has 3 nitrogen and oxygen atoms in total. The fourth-order valence-electron chi connectivity index (χ4n) is 0.302. The molecule has 0 aliphatic rings. The van der Waals surface area contributed by atoms with E-state index in [0.29, 0.717) is 13.0 Å². The van der Waals surface area contributed by atoms with Crippen LogP contribution >= 0.6 is 0 Å². The molecule has 0 saturated heterocycles. The number of methoxy groups -OCH3 is 1. The van der Waals surface area contributed by atoms with Crippen LogP contribution in [0.5, 0.6) is 0 Å². The van der Waals surface area contributed by atoms with Gasteiger partial charge in [-0.15, -0.1) is 0 Å². The average Bonchev–Trinajstić information content (AvgIpc) is 1.83. The molecule has 49 valence electrons. The molecular formula is C5H11O3. The Morgan fingerprint density at radius 2 is 2.38 bits per heavy atom. The van der Waals surface area contributed by atoms with E-state index in [1.807, 2.05) is 0 Å². The molecule has 8 heavy (non-hydrogen) atoms. The standard InChI is InChI=1S/C5H11O3/c1-7-4-3-5(6)8-2/h5-6H,2-4H2,1H3. The van der Waals surface area contributed by atoms with Gasteiger partial charge < -0.3 is 14.6 Å². The van der Waals surface area contributed by atoms with Crippen LogP contribution in [0.25, 0.3) is 0 Å². The molecule has 0 aromatic heterocycles. The van der Waals surface area contributed by atoms with Gasteiger partial charge in [-0.1, -0.05) is 0 Å². The Morgan fingerprint density at radius 3 is 2.75 bits per heavy atom. The quantitative estimate of drug-likeness (QED) is 0.535. The molecule has 0 rings (SSSR count). The number of aliphatic hydroxyl groups is 1. The van der Waals surface area contributed by atoms with Gasteiger partial charge in [0.05, 0.1) is 13.7 Å². The van der Waals surface area contributed by atoms with Gasteiger partial charge in [0.15, 0.2) is 6.29 Å². The molecule has 3 heteroatoms. The van der Waals surface area contributed by atoms with Gasteiger partial charge in [-0.05, 0) is 0 Å². The largest absolute Gasteiger partial charge is 0.384 e. The highest BCUT2D eigenvalue weighted by Crippen LogP contribution is 1.90. The summed E-state index contributed by atoms with van der Waals surface area (Å²) in [6.45, 7) is 0.497. The molecule has 0 aliphatic carbocycles. The molecule has 0 fully saturated rings. The fourth-order valence-corrected chi connectivity index (χ4v) is 0.302. The van der Waals surface area contributed by atoms with Crippen molar-refractivity contribution in [2.24, 2.45) is 0 Å². The van der Waals surface area contributed by atoms with Crippen molar-refractivity contribution >= 4 is 0 Å². The first-order valence-corrected chi connectivity index (χ1v) is 2.39. The van der Waals surface area contributed by atoms with Crippen molar-refractivity contribution in [2.45, 2.75) is 12.7 Å². The maximum Gasteiger partial charge on any atom is 0.156 e. The van der Waals surface area contributed by atoms with Crippen molar-refractivity contribution in [1.29, 1.82) is 0 Å². The highest BCUT2D eigenvalue weighted by Gasteiger charge is 1.97. The lowest BCUT2D eigenvalue weighted by Crippen LogP contribution is -2.10. The first-order valence-electron chi connectivity index (χ1n) is 2.39. The summed E-state index contributed by atoms with van der Waals surface area (Å²) in [6, 6.07) is 0. The van der Waals surface area contributed by atoms with Crippen molar-refractivity contribution in [3.05, 3.63) is 7.11 Å². The van der Waals surface area contributed by atoms with Crippen molar-refractivity contribution < 1.29 is 14.6 Å². The second-order valence-corrected chi connectivity index (χ2v) is 1.40. The zero-order valence-electron chi connectivity index (χ0n) is 4.96. The summed E-state index contributed by atoms with van der Waals surface area (Å²) in [5.41, 5.74) is 0. The molecule has 0 bridgehead atoms. The van der Waals surface area contributed by atoms with Gasteiger partial charge in [0.2, 0.25) is 0 Å². The molecular weight excluding hydrogens is 108 g/mol. The van der Waals surface area contributed by atoms with E-state index in [9.17, 15) is 0 Å². The lowest BCUT2D eigenvalue weighted by molar-refractivity contribution is -0.0703. The van der Waals surface area contributed by atoms with Crippen LogP contribution in [-0.4, -0.2) is 25.1 Å². The van der Waals surface area contributed by atoms with E-state index in [2.05, 4.69) is 16.6 Å². The minimum atomic E-state index is -0.782. The molecule has 0 aromatic rings. The van der Waals surface area contributed by atoms with Gasteiger partial charge in [0, 0.05) is 13.5 Å². The zero-order chi connectivity index (χ0) is 6.41. The van der Waals surface area contributed by atoms with E-state index < -0.39 is 6.29 Å². The third kappa shape index (κ3) is 4.05. The SMILES string of the molecule is [CH2]OC(O)CCOC. The van der Waals surface area contributed by atoms with Crippen LogP contribution < -0.4 is 0 Å². The van der Waals surface area contributed by atoms with Crippen LogP contribution in [0.4, 0.5) is 0 Å². The minimum Gasteiger partial charge on any atom is -0.384 e. The summed E-state index contributed by atoms with van der Waals surface area (Å²) in [5, 5.41) is 8.62. The van der Waals surface area contributed by atoms with Crippen LogP contribution in [-0.2, 0) is 9.47 Å². The molecule has 0 aromatic carbocycles. The van der Waals surface area contributed by atoms with Crippen LogP contribution in [0.2, 0.25) is 0 Å². The summed E-state index contributed by atoms with van der Waals surface area (Å²) >= 11 is 0. The summed E-state index contributed by atoms with van der Waals surface area (Å²) < 4.78 is 8.92. The van der Waals surface area contributed by atoms with Crippen LogP contribution in [0.1, 0.15) is 6.42 Å². The monoisotopic (exact) mass is 119 g/mol. The highest BCUT2D eigenvalue weighted by molar-refractivity contribution is 4.37. The van der Waals surface area contributed by atoms with E-state index in [1.54, 1.807) is 7.11 Å². The maximum atomic E-state index is 8.62. The molecule has 1 radical (unpaired) electrons. The molecule has 0 amide bonds. The second-order valence-electron chi connectivity index (χ2n) is 1.40. The van der Waals surface area contributed by atoms with Gasteiger partial charge in [-0.2, -0.15) is 0 Å². The summed E-state index contributed by atoms with van der Waals surface area (Å²) in [5.74, 6) is 0. The summed E-state index contributed by atoms with van der Waals surface area (Å²) in [7, 11) is 4.60. The lowest BCUT2D eigenvalue weighted by Gasteiger charge is -2.04. The van der Waals surface area contributed by atoms with Crippen LogP contribution in [0.15, 0.2) is 0 Å². The Hall–Kier alpha value is -0.120. The van der Waals surface area contributed by atoms with Crippen LogP contribution in [0.3, 0.4) is 0 Å². The molecule has 0 saturated carbocycles. The van der Waals surface area contributed by atoms with Gasteiger partial charge in [0.25, 0.3) is 0 Å². The van der Waals surface area contributed by atoms with Gasteiger partial charge >= 0.3 is 0 Å². The fraction of sp³-hybridized carbons (Fsp3) is 0.800. The van der Waals surface area contributed by atoms with Crippen molar-refractivity contribution in [1.82, 2.24) is 0 Å². The smallest absolute Gasteiger partial charge is 0.156 e. The van der Waals surface area contributed by atoms with Crippen molar-refractivity contribution in [3.8, 4) is 0 Å². The first-order chi connectivity index (χ1) is 3.81. The average molecular weight is 119 g/mol. The van der Waals surface area contributed by atoms with Gasteiger partial charge in [-0.25, -0.2) is 0 Å². The second kappa shape index (κ2) is 5.03. The molecule has 0 spiro atoms. The predicted molar refractivity (Wildman–Crippen MR) is 28.9 cm³/mol. The van der Waals surface area contributed by atoms with E-state index in [-0.39, 0.29) is 0 Å². The minimum absolute atomic E-state index is 0.472. The topological polar surface area (TPSA) is 38.7 Å². The third-order valence-electron chi connectivity index (χ3n) is 0.761. The van der Waals surface area contributed by atoms with E-state index in [1.165, 1.54) is 0 Å². The molecule has 1 N–H and O–H groups in total. The summed E-state index contributed by atoms with van der Waals surface area (Å²) in [6.07, 6.45) is -0.310. The Balaban J connectivity index is 2.86. The molecule has 1 unspecified atom stereocenters. The number of ether oxygens (including phenoxy) is 2. The number of hydrogen-bond donors (Lipinski definition) is 1. The highest BCUT2D eigenvalue weighted by atomic mass is 16.6. The Bertz CT molecular complexity index is 46.9. The first kappa shape index (κ1) is 7.88. The maximum absolute atomic E-state index is 8.62. The van der Waals surface area contributed by atoms with E-state index >= 15 is 0 Å². The van der Waals surface area contributed by atoms with Crippen molar-refractivity contribution in [2.75, 3.05) is 13.7 Å². The summed E-state index contributed by atoms with van der Waals surface area (Å²) in [4.78, 5) is 0. The van der Waals surface area contributed by atoms with E-state index in [0.717, 1.165) is 0 Å². The Morgan fingerprint density at radius 1 is 1.75 bits per heavy atom. The number of rotatable bonds is 4. The van der Waals surface area contributed by atoms with Gasteiger partial charge in [0.1, 0.15) is 0 Å². The number of hydrogen-bond acceptors (Lipinski definition) is 3. The van der Waals surface area contributed by atoms with E-state index in [4.69, 9.17) is 5.11 Å². The Kier molecular flexibility index (Phi) is 4.95. The molecule has 0 aliphatic heterocycles. The Labute approximate surface area is 49.2 Å². The zero-order valence-corrected chi connectivity index (χ0v) is 4.96. The third-order valence-corrected chi connectivity index (χ3v) is 0.761. The normalized spacial score (nSPS) is 13.9.